The standard InChI is InChI=1S/C21H30N6O2/c1-5-27-11-12-29-18(19(27)16-9-7-6-8-10-16)14-22-21(28)23-17-13-15(2)24-25-20(17)26(3)4/h6-10,13,18-19H,5,11-12,14H2,1-4H3,(H2,22,23,24,28)/t18-,19-/m0/s1. The summed E-state index contributed by atoms with van der Waals surface area (Å²) in [4.78, 5) is 16.8. The molecule has 2 atom stereocenters. The monoisotopic (exact) mass is 398 g/mol. The minimum atomic E-state index is -0.287. The Labute approximate surface area is 172 Å². The molecule has 0 spiro atoms. The van der Waals surface area contributed by atoms with Crippen molar-refractivity contribution in [3.05, 3.63) is 47.7 Å². The Balaban J connectivity index is 1.68. The molecular formula is C21H30N6O2. The summed E-state index contributed by atoms with van der Waals surface area (Å²) in [6, 6.07) is 11.9. The molecule has 29 heavy (non-hydrogen) atoms. The van der Waals surface area contributed by atoms with Crippen molar-refractivity contribution in [2.45, 2.75) is 26.0 Å². The molecule has 1 fully saturated rings. The van der Waals surface area contributed by atoms with Gasteiger partial charge in [0.25, 0.3) is 0 Å². The second kappa shape index (κ2) is 9.67. The van der Waals surface area contributed by atoms with E-state index in [-0.39, 0.29) is 18.2 Å². The summed E-state index contributed by atoms with van der Waals surface area (Å²) in [5.41, 5.74) is 2.56. The molecule has 0 aliphatic carbocycles. The van der Waals surface area contributed by atoms with Gasteiger partial charge < -0.3 is 20.3 Å². The number of hydrogen-bond acceptors (Lipinski definition) is 6. The van der Waals surface area contributed by atoms with E-state index < -0.39 is 0 Å². The average molecular weight is 399 g/mol. The van der Waals surface area contributed by atoms with E-state index in [1.165, 1.54) is 5.56 Å². The number of carbonyl (C=O) groups is 1. The van der Waals surface area contributed by atoms with Crippen LogP contribution in [0.4, 0.5) is 16.3 Å². The number of nitrogens with zero attached hydrogens (tertiary/aromatic N) is 4. The topological polar surface area (TPSA) is 82.6 Å². The average Bonchev–Trinajstić information content (AvgIpc) is 2.72. The third-order valence-corrected chi connectivity index (χ3v) is 5.04. The largest absolute Gasteiger partial charge is 0.373 e. The van der Waals surface area contributed by atoms with Crippen LogP contribution in [0.1, 0.15) is 24.2 Å². The molecule has 0 bridgehead atoms. The molecule has 1 aliphatic rings. The fourth-order valence-electron chi connectivity index (χ4n) is 3.65. The molecule has 1 aliphatic heterocycles. The van der Waals surface area contributed by atoms with Gasteiger partial charge in [-0.05, 0) is 25.1 Å². The van der Waals surface area contributed by atoms with Crippen molar-refractivity contribution in [3.8, 4) is 0 Å². The van der Waals surface area contributed by atoms with Gasteiger partial charge in [0.05, 0.1) is 30.1 Å². The molecule has 1 aromatic carbocycles. The highest BCUT2D eigenvalue weighted by Crippen LogP contribution is 2.29. The second-order valence-electron chi connectivity index (χ2n) is 7.35. The molecule has 0 saturated carbocycles. The predicted octanol–water partition coefficient (Wildman–Crippen LogP) is 2.43. The first-order chi connectivity index (χ1) is 14.0. The lowest BCUT2D eigenvalue weighted by atomic mass is 9.98. The van der Waals surface area contributed by atoms with Crippen LogP contribution in [0.15, 0.2) is 36.4 Å². The summed E-state index contributed by atoms with van der Waals surface area (Å²) in [7, 11) is 3.73. The maximum absolute atomic E-state index is 12.6. The fourth-order valence-corrected chi connectivity index (χ4v) is 3.65. The van der Waals surface area contributed by atoms with Crippen molar-refractivity contribution >= 4 is 17.5 Å². The number of benzene rings is 1. The highest BCUT2D eigenvalue weighted by molar-refractivity contribution is 5.92. The summed E-state index contributed by atoms with van der Waals surface area (Å²) >= 11 is 0. The summed E-state index contributed by atoms with van der Waals surface area (Å²) in [5.74, 6) is 0.610. The Hall–Kier alpha value is -2.71. The van der Waals surface area contributed by atoms with Crippen LogP contribution in [0.2, 0.25) is 0 Å². The molecule has 2 N–H and O–H groups in total. The van der Waals surface area contributed by atoms with Crippen molar-refractivity contribution in [1.82, 2.24) is 20.4 Å². The Morgan fingerprint density at radius 1 is 1.28 bits per heavy atom. The molecule has 0 radical (unpaired) electrons. The lowest BCUT2D eigenvalue weighted by molar-refractivity contribution is -0.0680. The van der Waals surface area contributed by atoms with Gasteiger partial charge in [-0.25, -0.2) is 4.79 Å². The van der Waals surface area contributed by atoms with Crippen LogP contribution in [-0.2, 0) is 4.74 Å². The van der Waals surface area contributed by atoms with Crippen molar-refractivity contribution < 1.29 is 9.53 Å². The maximum Gasteiger partial charge on any atom is 0.319 e. The van der Waals surface area contributed by atoms with Crippen LogP contribution < -0.4 is 15.5 Å². The van der Waals surface area contributed by atoms with E-state index in [0.717, 1.165) is 18.8 Å². The molecule has 0 unspecified atom stereocenters. The molecule has 2 aromatic rings. The number of aromatic nitrogens is 2. The molecule has 8 nitrogen and oxygen atoms in total. The van der Waals surface area contributed by atoms with Crippen LogP contribution in [0.25, 0.3) is 0 Å². The first-order valence-corrected chi connectivity index (χ1v) is 9.96. The van der Waals surface area contributed by atoms with Crippen molar-refractivity contribution in [2.75, 3.05) is 50.6 Å². The number of likely N-dealkylation sites (N-methyl/N-ethyl adjacent to an activating group) is 1. The third-order valence-electron chi connectivity index (χ3n) is 5.04. The fraction of sp³-hybridized carbons (Fsp3) is 0.476. The number of anilines is 2. The molecular weight excluding hydrogens is 368 g/mol. The van der Waals surface area contributed by atoms with E-state index in [1.807, 2.05) is 50.2 Å². The molecule has 156 valence electrons. The quantitative estimate of drug-likeness (QED) is 0.778. The predicted molar refractivity (Wildman–Crippen MR) is 114 cm³/mol. The first kappa shape index (κ1) is 21.0. The van der Waals surface area contributed by atoms with Gasteiger partial charge in [0.2, 0.25) is 0 Å². The summed E-state index contributed by atoms with van der Waals surface area (Å²) in [6.07, 6.45) is -0.123. The van der Waals surface area contributed by atoms with Crippen molar-refractivity contribution in [3.63, 3.8) is 0 Å². The van der Waals surface area contributed by atoms with Crippen LogP contribution in [0.3, 0.4) is 0 Å². The SMILES string of the molecule is CCN1CCO[C@@H](CNC(=O)Nc2cc(C)nnc2N(C)C)[C@@H]1c1ccccc1. The number of carbonyl (C=O) groups excluding carboxylic acids is 1. The van der Waals surface area contributed by atoms with E-state index >= 15 is 0 Å². The molecule has 2 heterocycles. The van der Waals surface area contributed by atoms with E-state index in [0.29, 0.717) is 24.7 Å². The van der Waals surface area contributed by atoms with Gasteiger partial charge >= 0.3 is 6.03 Å². The highest BCUT2D eigenvalue weighted by atomic mass is 16.5. The van der Waals surface area contributed by atoms with Crippen LogP contribution in [0, 0.1) is 6.92 Å². The summed E-state index contributed by atoms with van der Waals surface area (Å²) in [6.45, 7) is 6.88. The molecule has 3 rings (SSSR count). The number of rotatable bonds is 6. The Kier molecular flexibility index (Phi) is 7.00. The van der Waals surface area contributed by atoms with E-state index in [9.17, 15) is 4.79 Å². The molecule has 2 amide bonds. The number of ether oxygens (including phenoxy) is 1. The summed E-state index contributed by atoms with van der Waals surface area (Å²) < 4.78 is 6.04. The van der Waals surface area contributed by atoms with E-state index in [4.69, 9.17) is 4.74 Å². The third kappa shape index (κ3) is 5.21. The number of nitrogens with one attached hydrogen (secondary N) is 2. The minimum Gasteiger partial charge on any atom is -0.373 e. The van der Waals surface area contributed by atoms with E-state index in [1.54, 1.807) is 0 Å². The number of urea groups is 1. The van der Waals surface area contributed by atoms with Gasteiger partial charge in [-0.15, -0.1) is 5.10 Å². The van der Waals surface area contributed by atoms with E-state index in [2.05, 4.69) is 44.8 Å². The number of aryl methyl sites for hydroxylation is 1. The Morgan fingerprint density at radius 3 is 2.72 bits per heavy atom. The number of amides is 2. The van der Waals surface area contributed by atoms with Crippen molar-refractivity contribution in [2.24, 2.45) is 0 Å². The lowest BCUT2D eigenvalue weighted by Gasteiger charge is -2.41. The Morgan fingerprint density at radius 2 is 2.03 bits per heavy atom. The zero-order valence-corrected chi connectivity index (χ0v) is 17.6. The zero-order valence-electron chi connectivity index (χ0n) is 17.6. The van der Waals surface area contributed by atoms with Crippen molar-refractivity contribution in [1.29, 1.82) is 0 Å². The second-order valence-corrected chi connectivity index (χ2v) is 7.35. The normalized spacial score (nSPS) is 19.6. The smallest absolute Gasteiger partial charge is 0.319 e. The first-order valence-electron chi connectivity index (χ1n) is 9.96. The molecule has 8 heteroatoms. The highest BCUT2D eigenvalue weighted by Gasteiger charge is 2.32. The Bertz CT molecular complexity index is 814. The zero-order chi connectivity index (χ0) is 20.8. The lowest BCUT2D eigenvalue weighted by Crippen LogP contribution is -2.50. The van der Waals surface area contributed by atoms with Gasteiger partial charge in [0.15, 0.2) is 5.82 Å². The minimum absolute atomic E-state index is 0.109. The van der Waals surface area contributed by atoms with Crippen LogP contribution in [0.5, 0.6) is 0 Å². The van der Waals surface area contributed by atoms with Gasteiger partial charge in [-0.2, -0.15) is 5.10 Å². The van der Waals surface area contributed by atoms with Gasteiger partial charge in [-0.1, -0.05) is 37.3 Å². The van der Waals surface area contributed by atoms with Gasteiger partial charge in [0, 0.05) is 27.2 Å². The molecule has 1 saturated heterocycles. The van der Waals surface area contributed by atoms with Crippen LogP contribution >= 0.6 is 0 Å². The number of morpholine rings is 1. The van der Waals surface area contributed by atoms with Gasteiger partial charge in [-0.3, -0.25) is 4.90 Å². The van der Waals surface area contributed by atoms with Gasteiger partial charge in [0.1, 0.15) is 0 Å². The summed E-state index contributed by atoms with van der Waals surface area (Å²) in [5, 5.41) is 14.1. The molecule has 1 aromatic heterocycles. The number of hydrogen-bond donors (Lipinski definition) is 2. The maximum atomic E-state index is 12.6. The van der Waals surface area contributed by atoms with Crippen LogP contribution in [-0.4, -0.2) is 67.6 Å².